The third kappa shape index (κ3) is 4.31. The van der Waals surface area contributed by atoms with Gasteiger partial charge in [0.25, 0.3) is 5.91 Å². The lowest BCUT2D eigenvalue weighted by Crippen LogP contribution is -2.24. The van der Waals surface area contributed by atoms with Gasteiger partial charge in [-0.05, 0) is 17.7 Å². The van der Waals surface area contributed by atoms with Crippen LogP contribution in [0.2, 0.25) is 0 Å². The number of nitrogens with one attached hydrogen (secondary N) is 2. The lowest BCUT2D eigenvalue weighted by Gasteiger charge is -2.06. The molecule has 6 heteroatoms. The van der Waals surface area contributed by atoms with Gasteiger partial charge in [-0.1, -0.05) is 18.2 Å². The third-order valence-corrected chi connectivity index (χ3v) is 2.92. The first-order chi connectivity index (χ1) is 10.7. The summed E-state index contributed by atoms with van der Waals surface area (Å²) in [4.78, 5) is 20.2. The van der Waals surface area contributed by atoms with Gasteiger partial charge in [-0.25, -0.2) is 9.97 Å². The van der Waals surface area contributed by atoms with E-state index < -0.39 is 0 Å². The van der Waals surface area contributed by atoms with E-state index in [-0.39, 0.29) is 11.6 Å². The van der Waals surface area contributed by atoms with Crippen molar-refractivity contribution < 1.29 is 9.53 Å². The van der Waals surface area contributed by atoms with Crippen molar-refractivity contribution in [2.75, 3.05) is 19.0 Å². The third-order valence-electron chi connectivity index (χ3n) is 2.92. The summed E-state index contributed by atoms with van der Waals surface area (Å²) in [6.07, 6.45) is 4.68. The normalized spacial score (nSPS) is 9.86. The summed E-state index contributed by atoms with van der Waals surface area (Å²) in [5.41, 5.74) is 1.25. The Morgan fingerprint density at radius 1 is 1.27 bits per heavy atom. The quantitative estimate of drug-likeness (QED) is 0.765. The Morgan fingerprint density at radius 2 is 2.05 bits per heavy atom. The van der Waals surface area contributed by atoms with Gasteiger partial charge < -0.3 is 15.4 Å². The first kappa shape index (κ1) is 15.5. The standard InChI is InChI=1S/C16H18N4O2/c1-3-8-17-15-11-18-14(10-19-15)16(21)20-9-12-4-6-13(22-2)7-5-12/h3-7,10-11H,1,8-9H2,2H3,(H,17,19)(H,20,21). The molecule has 114 valence electrons. The largest absolute Gasteiger partial charge is 0.497 e. The van der Waals surface area contributed by atoms with Gasteiger partial charge in [-0.2, -0.15) is 0 Å². The molecule has 1 aromatic heterocycles. The maximum Gasteiger partial charge on any atom is 0.271 e. The van der Waals surface area contributed by atoms with Crippen LogP contribution in [0.5, 0.6) is 5.75 Å². The van der Waals surface area contributed by atoms with Crippen LogP contribution in [0.4, 0.5) is 5.82 Å². The number of aromatic nitrogens is 2. The molecule has 6 nitrogen and oxygen atoms in total. The fourth-order valence-electron chi connectivity index (χ4n) is 1.73. The SMILES string of the molecule is C=CCNc1cnc(C(=O)NCc2ccc(OC)cc2)cn1. The van der Waals surface area contributed by atoms with Gasteiger partial charge in [-0.15, -0.1) is 6.58 Å². The number of anilines is 1. The van der Waals surface area contributed by atoms with Crippen molar-refractivity contribution in [3.05, 3.63) is 60.6 Å². The molecule has 0 saturated heterocycles. The van der Waals surface area contributed by atoms with Crippen LogP contribution in [0.1, 0.15) is 16.1 Å². The number of amides is 1. The van der Waals surface area contributed by atoms with Gasteiger partial charge in [0.05, 0.1) is 19.5 Å². The number of carbonyl (C=O) groups is 1. The Bertz CT molecular complexity index is 624. The van der Waals surface area contributed by atoms with Crippen molar-refractivity contribution in [1.82, 2.24) is 15.3 Å². The summed E-state index contributed by atoms with van der Waals surface area (Å²) in [7, 11) is 1.61. The average Bonchev–Trinajstić information content (AvgIpc) is 2.58. The van der Waals surface area contributed by atoms with Gasteiger partial charge in [-0.3, -0.25) is 4.79 Å². The molecule has 0 saturated carbocycles. The van der Waals surface area contributed by atoms with Gasteiger partial charge in [0.15, 0.2) is 0 Å². The fraction of sp³-hybridized carbons (Fsp3) is 0.188. The van der Waals surface area contributed by atoms with Crippen molar-refractivity contribution in [2.24, 2.45) is 0 Å². The van der Waals surface area contributed by atoms with Crippen LogP contribution in [-0.4, -0.2) is 29.5 Å². The molecule has 1 heterocycles. The zero-order valence-electron chi connectivity index (χ0n) is 12.4. The number of ether oxygens (including phenoxy) is 1. The highest BCUT2D eigenvalue weighted by Crippen LogP contribution is 2.11. The van der Waals surface area contributed by atoms with E-state index in [0.717, 1.165) is 11.3 Å². The van der Waals surface area contributed by atoms with Gasteiger partial charge >= 0.3 is 0 Å². The number of hydrogen-bond donors (Lipinski definition) is 2. The smallest absolute Gasteiger partial charge is 0.271 e. The highest BCUT2D eigenvalue weighted by atomic mass is 16.5. The van der Waals surface area contributed by atoms with Gasteiger partial charge in [0, 0.05) is 13.1 Å². The molecule has 0 bridgehead atoms. The highest BCUT2D eigenvalue weighted by Gasteiger charge is 2.07. The molecular weight excluding hydrogens is 280 g/mol. The van der Waals surface area contributed by atoms with Gasteiger partial charge in [0.1, 0.15) is 17.3 Å². The van der Waals surface area contributed by atoms with E-state index in [9.17, 15) is 4.79 Å². The lowest BCUT2D eigenvalue weighted by molar-refractivity contribution is 0.0945. The molecule has 2 rings (SSSR count). The van der Waals surface area contributed by atoms with Gasteiger partial charge in [0.2, 0.25) is 0 Å². The molecule has 0 unspecified atom stereocenters. The summed E-state index contributed by atoms with van der Waals surface area (Å²) in [5.74, 6) is 1.12. The Hall–Kier alpha value is -2.89. The molecule has 1 amide bonds. The average molecular weight is 298 g/mol. The molecule has 0 aliphatic carbocycles. The summed E-state index contributed by atoms with van der Waals surface area (Å²) in [6, 6.07) is 7.49. The summed E-state index contributed by atoms with van der Waals surface area (Å²) in [5, 5.41) is 5.79. The van der Waals surface area contributed by atoms with E-state index in [0.29, 0.717) is 18.9 Å². The molecule has 2 aromatic rings. The van der Waals surface area contributed by atoms with Crippen LogP contribution in [-0.2, 0) is 6.54 Å². The van der Waals surface area contributed by atoms with E-state index in [1.807, 2.05) is 24.3 Å². The molecule has 0 spiro atoms. The maximum absolute atomic E-state index is 12.0. The minimum absolute atomic E-state index is 0.265. The zero-order chi connectivity index (χ0) is 15.8. The number of benzene rings is 1. The Balaban J connectivity index is 1.89. The molecule has 1 aromatic carbocycles. The number of rotatable bonds is 7. The zero-order valence-corrected chi connectivity index (χ0v) is 12.4. The van der Waals surface area contributed by atoms with Crippen LogP contribution < -0.4 is 15.4 Å². The highest BCUT2D eigenvalue weighted by molar-refractivity contribution is 5.91. The van der Waals surface area contributed by atoms with Crippen molar-refractivity contribution in [1.29, 1.82) is 0 Å². The first-order valence-electron chi connectivity index (χ1n) is 6.81. The maximum atomic E-state index is 12.0. The van der Waals surface area contributed by atoms with E-state index in [2.05, 4.69) is 27.2 Å². The molecule has 0 aliphatic heterocycles. The second-order valence-electron chi connectivity index (χ2n) is 4.49. The molecule has 0 radical (unpaired) electrons. The number of nitrogens with zero attached hydrogens (tertiary/aromatic N) is 2. The second-order valence-corrected chi connectivity index (χ2v) is 4.49. The van der Waals surface area contributed by atoms with E-state index in [1.54, 1.807) is 13.2 Å². The predicted octanol–water partition coefficient (Wildman–Crippen LogP) is 2.01. The van der Waals surface area contributed by atoms with Crippen LogP contribution in [0, 0.1) is 0 Å². The topological polar surface area (TPSA) is 76.1 Å². The molecular formula is C16H18N4O2. The minimum atomic E-state index is -0.265. The van der Waals surface area contributed by atoms with Crippen LogP contribution in [0.15, 0.2) is 49.3 Å². The van der Waals surface area contributed by atoms with Crippen LogP contribution in [0.3, 0.4) is 0 Å². The Labute approximate surface area is 129 Å². The number of hydrogen-bond acceptors (Lipinski definition) is 5. The molecule has 2 N–H and O–H groups in total. The van der Waals surface area contributed by atoms with Crippen molar-refractivity contribution in [2.45, 2.75) is 6.54 Å². The first-order valence-corrected chi connectivity index (χ1v) is 6.81. The second kappa shape index (κ2) is 7.78. The minimum Gasteiger partial charge on any atom is -0.497 e. The van der Waals surface area contributed by atoms with Crippen molar-refractivity contribution in [3.63, 3.8) is 0 Å². The summed E-state index contributed by atoms with van der Waals surface area (Å²) < 4.78 is 5.09. The fourth-order valence-corrected chi connectivity index (χ4v) is 1.73. The monoisotopic (exact) mass is 298 g/mol. The Morgan fingerprint density at radius 3 is 2.64 bits per heavy atom. The number of methoxy groups -OCH3 is 1. The molecule has 0 fully saturated rings. The van der Waals surface area contributed by atoms with Crippen LogP contribution in [0.25, 0.3) is 0 Å². The van der Waals surface area contributed by atoms with E-state index in [4.69, 9.17) is 4.74 Å². The van der Waals surface area contributed by atoms with Crippen LogP contribution >= 0.6 is 0 Å². The Kier molecular flexibility index (Phi) is 5.48. The summed E-state index contributed by atoms with van der Waals surface area (Å²) >= 11 is 0. The van der Waals surface area contributed by atoms with Crippen molar-refractivity contribution >= 4 is 11.7 Å². The van der Waals surface area contributed by atoms with Crippen molar-refractivity contribution in [3.8, 4) is 5.75 Å². The number of carbonyl (C=O) groups excluding carboxylic acids is 1. The lowest BCUT2D eigenvalue weighted by atomic mass is 10.2. The summed E-state index contributed by atoms with van der Waals surface area (Å²) in [6.45, 7) is 4.62. The predicted molar refractivity (Wildman–Crippen MR) is 84.9 cm³/mol. The van der Waals surface area contributed by atoms with E-state index >= 15 is 0 Å². The molecule has 0 aliphatic rings. The molecule has 22 heavy (non-hydrogen) atoms. The molecule has 0 atom stereocenters. The van der Waals surface area contributed by atoms with E-state index in [1.165, 1.54) is 12.4 Å².